The zero-order chi connectivity index (χ0) is 23.2. The molecule has 0 aliphatic heterocycles. The molecule has 0 unspecified atom stereocenters. The van der Waals surface area contributed by atoms with Gasteiger partial charge in [-0.2, -0.15) is 5.10 Å². The molecule has 2 aromatic carbocycles. The molecule has 1 saturated carbocycles. The molecule has 1 N–H and O–H groups in total. The van der Waals surface area contributed by atoms with Crippen LogP contribution < -0.4 is 5.32 Å². The van der Waals surface area contributed by atoms with Gasteiger partial charge in [-0.1, -0.05) is 79.6 Å². The molecule has 5 rings (SSSR count). The molecule has 1 amide bonds. The lowest BCUT2D eigenvalue weighted by atomic mass is 9.88. The van der Waals surface area contributed by atoms with Crippen molar-refractivity contribution in [1.82, 2.24) is 20.1 Å². The second-order valence-electron chi connectivity index (χ2n) is 8.97. The fourth-order valence-corrected chi connectivity index (χ4v) is 4.91. The second-order valence-corrected chi connectivity index (χ2v) is 8.97. The molecule has 2 heterocycles. The van der Waals surface area contributed by atoms with Crippen LogP contribution in [0.25, 0.3) is 11.4 Å². The van der Waals surface area contributed by atoms with Crippen molar-refractivity contribution in [3.8, 4) is 11.4 Å². The minimum Gasteiger partial charge on any atom is -0.350 e. The van der Waals surface area contributed by atoms with Crippen LogP contribution in [0.1, 0.15) is 60.9 Å². The van der Waals surface area contributed by atoms with E-state index in [1.54, 1.807) is 0 Å². The third kappa shape index (κ3) is 5.09. The zero-order valence-electron chi connectivity index (χ0n) is 19.3. The third-order valence-electron chi connectivity index (χ3n) is 6.64. The van der Waals surface area contributed by atoms with Crippen LogP contribution in [0, 0.1) is 0 Å². The van der Waals surface area contributed by atoms with E-state index in [0.29, 0.717) is 19.0 Å². The van der Waals surface area contributed by atoms with Gasteiger partial charge in [0.25, 0.3) is 0 Å². The van der Waals surface area contributed by atoms with E-state index in [1.165, 1.54) is 12.8 Å². The molecule has 34 heavy (non-hydrogen) atoms. The molecule has 2 aromatic heterocycles. The Kier molecular flexibility index (Phi) is 6.80. The molecule has 5 nitrogen and oxygen atoms in total. The smallest absolute Gasteiger partial charge is 0.221 e. The first-order valence-corrected chi connectivity index (χ1v) is 12.1. The van der Waals surface area contributed by atoms with E-state index in [4.69, 9.17) is 5.10 Å². The van der Waals surface area contributed by atoms with Gasteiger partial charge >= 0.3 is 0 Å². The van der Waals surface area contributed by atoms with Gasteiger partial charge in [0.1, 0.15) is 0 Å². The van der Waals surface area contributed by atoms with Gasteiger partial charge in [0.2, 0.25) is 5.91 Å². The topological polar surface area (TPSA) is 59.8 Å². The summed E-state index contributed by atoms with van der Waals surface area (Å²) in [5.41, 5.74) is 5.12. The molecule has 5 heteroatoms. The van der Waals surface area contributed by atoms with Gasteiger partial charge in [-0.15, -0.1) is 0 Å². The standard InChI is InChI=1S/C29H30N4O/c34-29(20-26(22-11-3-1-4-12-22)23-13-5-2-6-14-23)31-21-24-19-28(27-17-9-10-18-30-27)33(32-24)25-15-7-8-16-25/h1-6,9-14,17-19,25-26H,7-8,15-16,20-21H2,(H,31,34). The van der Waals surface area contributed by atoms with Crippen LogP contribution in [-0.4, -0.2) is 20.7 Å². The lowest BCUT2D eigenvalue weighted by Gasteiger charge is -2.17. The highest BCUT2D eigenvalue weighted by Gasteiger charge is 2.23. The minimum absolute atomic E-state index is 0.0162. The van der Waals surface area contributed by atoms with Crippen molar-refractivity contribution >= 4 is 5.91 Å². The lowest BCUT2D eigenvalue weighted by molar-refractivity contribution is -0.121. The van der Waals surface area contributed by atoms with Crippen molar-refractivity contribution in [2.24, 2.45) is 0 Å². The van der Waals surface area contributed by atoms with Gasteiger partial charge in [0.05, 0.1) is 29.7 Å². The van der Waals surface area contributed by atoms with Crippen LogP contribution in [0.4, 0.5) is 0 Å². The van der Waals surface area contributed by atoms with E-state index in [9.17, 15) is 4.79 Å². The van der Waals surface area contributed by atoms with Crippen molar-refractivity contribution < 1.29 is 4.79 Å². The normalized spacial score (nSPS) is 13.9. The van der Waals surface area contributed by atoms with E-state index in [-0.39, 0.29) is 11.8 Å². The highest BCUT2D eigenvalue weighted by atomic mass is 16.1. The number of hydrogen-bond acceptors (Lipinski definition) is 3. The van der Waals surface area contributed by atoms with Gasteiger partial charge in [0.15, 0.2) is 0 Å². The number of amides is 1. The molecule has 0 spiro atoms. The Hall–Kier alpha value is -3.73. The van der Waals surface area contributed by atoms with Crippen LogP contribution in [0.5, 0.6) is 0 Å². The molecule has 4 aromatic rings. The summed E-state index contributed by atoms with van der Waals surface area (Å²) in [6.07, 6.45) is 6.96. The predicted molar refractivity (Wildman–Crippen MR) is 134 cm³/mol. The molecule has 1 fully saturated rings. The van der Waals surface area contributed by atoms with Crippen molar-refractivity contribution in [3.63, 3.8) is 0 Å². The Bertz CT molecular complexity index is 1160. The van der Waals surface area contributed by atoms with Crippen LogP contribution in [0.15, 0.2) is 91.1 Å². The SMILES string of the molecule is O=C(CC(c1ccccc1)c1ccccc1)NCc1cc(-c2ccccn2)n(C2CCCC2)n1. The largest absolute Gasteiger partial charge is 0.350 e. The lowest BCUT2D eigenvalue weighted by Crippen LogP contribution is -2.25. The zero-order valence-corrected chi connectivity index (χ0v) is 19.3. The number of pyridine rings is 1. The van der Waals surface area contributed by atoms with E-state index >= 15 is 0 Å². The number of aromatic nitrogens is 3. The number of hydrogen-bond donors (Lipinski definition) is 1. The Labute approximate surface area is 200 Å². The van der Waals surface area contributed by atoms with Crippen LogP contribution in [0.3, 0.4) is 0 Å². The van der Waals surface area contributed by atoms with Gasteiger partial charge in [-0.3, -0.25) is 14.5 Å². The molecule has 1 aliphatic carbocycles. The van der Waals surface area contributed by atoms with E-state index in [1.807, 2.05) is 60.8 Å². The predicted octanol–water partition coefficient (Wildman–Crippen LogP) is 5.90. The summed E-state index contributed by atoms with van der Waals surface area (Å²) < 4.78 is 2.13. The summed E-state index contributed by atoms with van der Waals surface area (Å²) in [4.78, 5) is 17.6. The molecule has 1 aliphatic rings. The summed E-state index contributed by atoms with van der Waals surface area (Å²) in [6, 6.07) is 28.9. The summed E-state index contributed by atoms with van der Waals surface area (Å²) >= 11 is 0. The maximum Gasteiger partial charge on any atom is 0.221 e. The molecule has 0 bridgehead atoms. The number of carbonyl (C=O) groups is 1. The number of nitrogens with zero attached hydrogens (tertiary/aromatic N) is 3. The molecule has 0 saturated heterocycles. The van der Waals surface area contributed by atoms with Gasteiger partial charge < -0.3 is 5.32 Å². The van der Waals surface area contributed by atoms with Crippen LogP contribution >= 0.6 is 0 Å². The number of carbonyl (C=O) groups excluding carboxylic acids is 1. The number of benzene rings is 2. The van der Waals surface area contributed by atoms with Gasteiger partial charge in [0, 0.05) is 18.5 Å². The summed E-state index contributed by atoms with van der Waals surface area (Å²) in [6.45, 7) is 0.411. The van der Waals surface area contributed by atoms with Crippen molar-refractivity contribution in [2.45, 2.75) is 50.6 Å². The highest BCUT2D eigenvalue weighted by molar-refractivity contribution is 5.77. The van der Waals surface area contributed by atoms with E-state index in [2.05, 4.69) is 45.3 Å². The van der Waals surface area contributed by atoms with Gasteiger partial charge in [-0.25, -0.2) is 0 Å². The summed E-state index contributed by atoms with van der Waals surface area (Å²) in [7, 11) is 0. The minimum atomic E-state index is 0.0162. The average molecular weight is 451 g/mol. The number of nitrogens with one attached hydrogen (secondary N) is 1. The summed E-state index contributed by atoms with van der Waals surface area (Å²) in [5, 5.41) is 8.01. The quantitative estimate of drug-likeness (QED) is 0.364. The second kappa shape index (κ2) is 10.5. The van der Waals surface area contributed by atoms with E-state index < -0.39 is 0 Å². The fourth-order valence-electron chi connectivity index (χ4n) is 4.91. The van der Waals surface area contributed by atoms with E-state index in [0.717, 1.165) is 41.1 Å². The number of rotatable bonds is 8. The van der Waals surface area contributed by atoms with Crippen molar-refractivity contribution in [2.75, 3.05) is 0 Å². The Morgan fingerprint density at radius 3 is 2.18 bits per heavy atom. The third-order valence-corrected chi connectivity index (χ3v) is 6.64. The monoisotopic (exact) mass is 450 g/mol. The van der Waals surface area contributed by atoms with Gasteiger partial charge in [-0.05, 0) is 42.2 Å². The molecular formula is C29H30N4O. The Balaban J connectivity index is 1.32. The molecule has 0 radical (unpaired) electrons. The molecule has 0 atom stereocenters. The maximum atomic E-state index is 13.0. The average Bonchev–Trinajstić information content (AvgIpc) is 3.58. The first-order chi connectivity index (χ1) is 16.8. The van der Waals surface area contributed by atoms with Crippen molar-refractivity contribution in [1.29, 1.82) is 0 Å². The Morgan fingerprint density at radius 1 is 0.912 bits per heavy atom. The van der Waals surface area contributed by atoms with Crippen LogP contribution in [0.2, 0.25) is 0 Å². The first-order valence-electron chi connectivity index (χ1n) is 12.1. The maximum absolute atomic E-state index is 13.0. The summed E-state index contributed by atoms with van der Waals surface area (Å²) in [5.74, 6) is 0.0371. The fraction of sp³-hybridized carbons (Fsp3) is 0.276. The molecule has 172 valence electrons. The molecular weight excluding hydrogens is 420 g/mol. The highest BCUT2D eigenvalue weighted by Crippen LogP contribution is 2.33. The first kappa shape index (κ1) is 22.1. The Morgan fingerprint density at radius 2 is 1.56 bits per heavy atom. The van der Waals surface area contributed by atoms with Crippen molar-refractivity contribution in [3.05, 3.63) is 108 Å². The van der Waals surface area contributed by atoms with Crippen LogP contribution in [-0.2, 0) is 11.3 Å².